The Balaban J connectivity index is 1.45. The highest BCUT2D eigenvalue weighted by atomic mass is 79.9. The molecule has 0 bridgehead atoms. The van der Waals surface area contributed by atoms with E-state index in [4.69, 9.17) is 9.47 Å². The Morgan fingerprint density at radius 1 is 0.833 bits per heavy atom. The molecule has 0 spiro atoms. The van der Waals surface area contributed by atoms with E-state index in [0.29, 0.717) is 11.5 Å². The molecule has 0 aliphatic heterocycles. The van der Waals surface area contributed by atoms with Gasteiger partial charge >= 0.3 is 0 Å². The van der Waals surface area contributed by atoms with Crippen molar-refractivity contribution in [2.24, 2.45) is 0 Å². The Morgan fingerprint density at radius 3 is 2.17 bits per heavy atom. The van der Waals surface area contributed by atoms with Crippen molar-refractivity contribution < 1.29 is 19.1 Å². The third-order valence-electron chi connectivity index (χ3n) is 4.17. The predicted octanol–water partition coefficient (Wildman–Crippen LogP) is 4.03. The van der Waals surface area contributed by atoms with Crippen LogP contribution in [0.1, 0.15) is 5.56 Å². The van der Waals surface area contributed by atoms with E-state index in [9.17, 15) is 9.59 Å². The number of carbonyl (C=O) groups excluding carboxylic acids is 2. The van der Waals surface area contributed by atoms with Gasteiger partial charge in [0.1, 0.15) is 11.5 Å². The molecule has 0 aliphatic rings. The number of hydrazine groups is 1. The van der Waals surface area contributed by atoms with Crippen molar-refractivity contribution in [2.75, 3.05) is 13.2 Å². The van der Waals surface area contributed by atoms with Crippen LogP contribution >= 0.6 is 15.9 Å². The zero-order valence-corrected chi connectivity index (χ0v) is 17.9. The van der Waals surface area contributed by atoms with Crippen LogP contribution in [0.4, 0.5) is 0 Å². The maximum absolute atomic E-state index is 12.0. The largest absolute Gasteiger partial charge is 0.484 e. The summed E-state index contributed by atoms with van der Waals surface area (Å²) in [6.07, 6.45) is 0. The highest BCUT2D eigenvalue weighted by Crippen LogP contribution is 2.29. The number of ether oxygens (including phenoxy) is 2. The minimum absolute atomic E-state index is 0.223. The van der Waals surface area contributed by atoms with Gasteiger partial charge in [0.2, 0.25) is 0 Å². The van der Waals surface area contributed by atoms with Gasteiger partial charge in [-0.15, -0.1) is 0 Å². The van der Waals surface area contributed by atoms with E-state index >= 15 is 0 Å². The second-order valence-corrected chi connectivity index (χ2v) is 7.30. The predicted molar refractivity (Wildman–Crippen MR) is 118 cm³/mol. The molecule has 3 aromatic rings. The van der Waals surface area contributed by atoms with Crippen LogP contribution < -0.4 is 20.3 Å². The Kier molecular flexibility index (Phi) is 7.45. The summed E-state index contributed by atoms with van der Waals surface area (Å²) in [4.78, 5) is 23.9. The van der Waals surface area contributed by atoms with E-state index in [1.54, 1.807) is 12.1 Å². The molecule has 3 rings (SSSR count). The minimum Gasteiger partial charge on any atom is -0.484 e. The van der Waals surface area contributed by atoms with Crippen molar-refractivity contribution in [3.05, 3.63) is 82.8 Å². The Hall–Kier alpha value is -3.32. The number of hydrogen-bond donors (Lipinski definition) is 2. The number of nitrogens with one attached hydrogen (secondary N) is 2. The molecule has 2 amide bonds. The smallest absolute Gasteiger partial charge is 0.276 e. The lowest BCUT2D eigenvalue weighted by atomic mass is 10.1. The number of amides is 2. The SMILES string of the molecule is Cc1cc(OCC(=O)NNC(=O)COc2ccccc2-c2ccccc2)ccc1Br. The normalized spacial score (nSPS) is 10.2. The van der Waals surface area contributed by atoms with Crippen LogP contribution in [0.25, 0.3) is 11.1 Å². The number of benzene rings is 3. The standard InChI is InChI=1S/C23H21BrN2O4/c1-16-13-18(11-12-20(16)24)29-14-22(27)25-26-23(28)15-30-21-10-6-5-9-19(21)17-7-3-2-4-8-17/h2-13H,14-15H2,1H3,(H,25,27)(H,26,28). The lowest BCUT2D eigenvalue weighted by Crippen LogP contribution is -2.45. The third kappa shape index (κ3) is 6.09. The van der Waals surface area contributed by atoms with Gasteiger partial charge in [-0.05, 0) is 42.3 Å². The van der Waals surface area contributed by atoms with Crippen molar-refractivity contribution in [2.45, 2.75) is 6.92 Å². The van der Waals surface area contributed by atoms with Gasteiger partial charge in [-0.25, -0.2) is 0 Å². The molecular weight excluding hydrogens is 448 g/mol. The molecule has 0 saturated heterocycles. The average molecular weight is 469 g/mol. The van der Waals surface area contributed by atoms with Gasteiger partial charge in [0.15, 0.2) is 13.2 Å². The first kappa shape index (κ1) is 21.4. The van der Waals surface area contributed by atoms with E-state index in [0.717, 1.165) is 21.2 Å². The van der Waals surface area contributed by atoms with Crippen LogP contribution in [0.15, 0.2) is 77.3 Å². The van der Waals surface area contributed by atoms with E-state index < -0.39 is 11.8 Å². The molecule has 154 valence electrons. The molecule has 0 aliphatic carbocycles. The fourth-order valence-corrected chi connectivity index (χ4v) is 2.91. The summed E-state index contributed by atoms with van der Waals surface area (Å²) < 4.78 is 12.0. The number of aryl methyl sites for hydroxylation is 1. The monoisotopic (exact) mass is 468 g/mol. The van der Waals surface area contributed by atoms with E-state index in [2.05, 4.69) is 26.8 Å². The molecule has 0 unspecified atom stereocenters. The van der Waals surface area contributed by atoms with Gasteiger partial charge in [-0.1, -0.05) is 64.5 Å². The number of rotatable bonds is 7. The second-order valence-electron chi connectivity index (χ2n) is 6.45. The van der Waals surface area contributed by atoms with Gasteiger partial charge < -0.3 is 9.47 Å². The lowest BCUT2D eigenvalue weighted by molar-refractivity contribution is -0.131. The van der Waals surface area contributed by atoms with Crippen molar-refractivity contribution in [3.8, 4) is 22.6 Å². The summed E-state index contributed by atoms with van der Waals surface area (Å²) in [5, 5.41) is 0. The van der Waals surface area contributed by atoms with E-state index in [1.807, 2.05) is 67.6 Å². The molecule has 0 atom stereocenters. The fourth-order valence-electron chi connectivity index (χ4n) is 2.66. The van der Waals surface area contributed by atoms with Crippen molar-refractivity contribution in [1.29, 1.82) is 0 Å². The Labute approximate surface area is 183 Å². The first-order valence-electron chi connectivity index (χ1n) is 9.27. The summed E-state index contributed by atoms with van der Waals surface area (Å²) in [5.41, 5.74) is 7.49. The summed E-state index contributed by atoms with van der Waals surface area (Å²) in [6, 6.07) is 22.6. The molecule has 0 heterocycles. The van der Waals surface area contributed by atoms with Gasteiger partial charge in [-0.2, -0.15) is 0 Å². The van der Waals surface area contributed by atoms with Crippen molar-refractivity contribution in [3.63, 3.8) is 0 Å². The maximum Gasteiger partial charge on any atom is 0.276 e. The number of carbonyl (C=O) groups is 2. The molecule has 0 aromatic heterocycles. The summed E-state index contributed by atoms with van der Waals surface area (Å²) in [5.74, 6) is 0.191. The average Bonchev–Trinajstić information content (AvgIpc) is 2.78. The van der Waals surface area contributed by atoms with E-state index in [1.165, 1.54) is 0 Å². The van der Waals surface area contributed by atoms with Gasteiger partial charge in [0.25, 0.3) is 11.8 Å². The molecule has 3 aromatic carbocycles. The van der Waals surface area contributed by atoms with Crippen LogP contribution in [0, 0.1) is 6.92 Å². The molecule has 2 N–H and O–H groups in total. The summed E-state index contributed by atoms with van der Waals surface area (Å²) in [7, 11) is 0. The Morgan fingerprint density at radius 2 is 1.47 bits per heavy atom. The quantitative estimate of drug-likeness (QED) is 0.513. The lowest BCUT2D eigenvalue weighted by Gasteiger charge is -2.12. The van der Waals surface area contributed by atoms with Crippen LogP contribution in [-0.4, -0.2) is 25.0 Å². The molecule has 0 radical (unpaired) electrons. The fraction of sp³-hybridized carbons (Fsp3) is 0.130. The van der Waals surface area contributed by atoms with Crippen LogP contribution in [0.2, 0.25) is 0 Å². The highest BCUT2D eigenvalue weighted by Gasteiger charge is 2.10. The van der Waals surface area contributed by atoms with Crippen molar-refractivity contribution in [1.82, 2.24) is 10.9 Å². The first-order valence-corrected chi connectivity index (χ1v) is 10.1. The zero-order chi connectivity index (χ0) is 21.3. The van der Waals surface area contributed by atoms with Gasteiger partial charge in [-0.3, -0.25) is 20.4 Å². The minimum atomic E-state index is -0.481. The molecule has 6 nitrogen and oxygen atoms in total. The highest BCUT2D eigenvalue weighted by molar-refractivity contribution is 9.10. The molecule has 0 fully saturated rings. The molecule has 7 heteroatoms. The van der Waals surface area contributed by atoms with Crippen molar-refractivity contribution >= 4 is 27.7 Å². The summed E-state index contributed by atoms with van der Waals surface area (Å²) in [6.45, 7) is 1.46. The maximum atomic E-state index is 12.0. The van der Waals surface area contributed by atoms with Crippen LogP contribution in [0.3, 0.4) is 0 Å². The topological polar surface area (TPSA) is 76.7 Å². The molecular formula is C23H21BrN2O4. The summed E-state index contributed by atoms with van der Waals surface area (Å²) >= 11 is 3.41. The van der Waals surface area contributed by atoms with Gasteiger partial charge in [0, 0.05) is 10.0 Å². The zero-order valence-electron chi connectivity index (χ0n) is 16.4. The number of para-hydroxylation sites is 1. The second kappa shape index (κ2) is 10.5. The number of hydrogen-bond acceptors (Lipinski definition) is 4. The van der Waals surface area contributed by atoms with Gasteiger partial charge in [0.05, 0.1) is 0 Å². The first-order chi connectivity index (χ1) is 14.5. The van der Waals surface area contributed by atoms with E-state index in [-0.39, 0.29) is 13.2 Å². The number of halogens is 1. The third-order valence-corrected chi connectivity index (χ3v) is 5.06. The van der Waals surface area contributed by atoms with Crippen LogP contribution in [0.5, 0.6) is 11.5 Å². The molecule has 0 saturated carbocycles. The molecule has 30 heavy (non-hydrogen) atoms. The Bertz CT molecular complexity index is 1020. The van der Waals surface area contributed by atoms with Crippen LogP contribution in [-0.2, 0) is 9.59 Å².